The minimum absolute atomic E-state index is 0. The van der Waals surface area contributed by atoms with Crippen LogP contribution in [0.3, 0.4) is 0 Å². The van der Waals surface area contributed by atoms with Crippen LogP contribution in [0, 0.1) is 0 Å². The van der Waals surface area contributed by atoms with Gasteiger partial charge < -0.3 is 31.4 Å². The number of rotatable bonds is 2. The summed E-state index contributed by atoms with van der Waals surface area (Å²) < 4.78 is 0.419. The van der Waals surface area contributed by atoms with E-state index in [9.17, 15) is 9.90 Å². The summed E-state index contributed by atoms with van der Waals surface area (Å²) >= 11 is 0. The van der Waals surface area contributed by atoms with E-state index >= 15 is 0 Å². The van der Waals surface area contributed by atoms with Gasteiger partial charge >= 0.3 is 6.09 Å². The van der Waals surface area contributed by atoms with Crippen LogP contribution in [-0.2, 0) is 4.79 Å². The summed E-state index contributed by atoms with van der Waals surface area (Å²) in [5.41, 5.74) is 4.03. The van der Waals surface area contributed by atoms with Crippen molar-refractivity contribution in [2.24, 2.45) is 5.73 Å². The third-order valence-electron chi connectivity index (χ3n) is 0.603. The van der Waals surface area contributed by atoms with Crippen molar-refractivity contribution in [3.63, 3.8) is 0 Å². The van der Waals surface area contributed by atoms with Gasteiger partial charge in [0.2, 0.25) is 0 Å². The summed E-state index contributed by atoms with van der Waals surface area (Å²) in [5.74, 6) is -1.00. The molecular formula is C6H17N3O4. The van der Waals surface area contributed by atoms with Gasteiger partial charge in [0.15, 0.2) is 0 Å². The molecule has 0 saturated heterocycles. The van der Waals surface area contributed by atoms with E-state index in [0.717, 1.165) is 0 Å². The maximum absolute atomic E-state index is 9.89. The summed E-state index contributed by atoms with van der Waals surface area (Å²) in [6, 6.07) is 0. The number of carboxylic acids is 1. The fraction of sp³-hybridized carbons (Fsp3) is 0.667. The molecule has 0 aromatic carbocycles. The van der Waals surface area contributed by atoms with Crippen molar-refractivity contribution < 1.29 is 24.3 Å². The molecule has 7 heteroatoms. The minimum Gasteiger partial charge on any atom is -0.544 e. The summed E-state index contributed by atoms with van der Waals surface area (Å²) in [6.45, 7) is 0.0694. The quantitative estimate of drug-likeness (QED) is 0.447. The molecule has 13 heavy (non-hydrogen) atoms. The number of aliphatic carboxylic acids is 1. The molecule has 0 aliphatic rings. The van der Waals surface area contributed by atoms with E-state index in [1.165, 1.54) is 0 Å². The molecule has 0 atom stereocenters. The second-order valence-corrected chi connectivity index (χ2v) is 3.16. The van der Waals surface area contributed by atoms with E-state index in [1.54, 1.807) is 21.1 Å². The lowest BCUT2D eigenvalue weighted by atomic mass is 10.5. The topological polar surface area (TPSA) is 138 Å². The first-order valence-electron chi connectivity index (χ1n) is 3.14. The highest BCUT2D eigenvalue weighted by atomic mass is 16.4. The fourth-order valence-corrected chi connectivity index (χ4v) is 0.387. The molecule has 0 rings (SSSR count). The van der Waals surface area contributed by atoms with Crippen LogP contribution in [0.2, 0.25) is 0 Å². The number of primary amides is 1. The number of carboxylic acid groups (broad SMARTS) is 2. The van der Waals surface area contributed by atoms with E-state index in [0.29, 0.717) is 4.48 Å². The molecule has 0 bridgehead atoms. The second kappa shape index (κ2) is 7.32. The van der Waals surface area contributed by atoms with Crippen LogP contribution in [0.4, 0.5) is 4.79 Å². The smallest absolute Gasteiger partial charge is 0.402 e. The lowest BCUT2D eigenvalue weighted by Crippen LogP contribution is -2.45. The van der Waals surface area contributed by atoms with E-state index in [4.69, 9.17) is 9.90 Å². The molecule has 0 fully saturated rings. The van der Waals surface area contributed by atoms with Crippen LogP contribution in [0.15, 0.2) is 0 Å². The van der Waals surface area contributed by atoms with Crippen LogP contribution in [0.1, 0.15) is 0 Å². The molecule has 0 saturated carbocycles. The van der Waals surface area contributed by atoms with Gasteiger partial charge in [-0.25, -0.2) is 4.79 Å². The highest BCUT2D eigenvalue weighted by Crippen LogP contribution is 1.84. The van der Waals surface area contributed by atoms with Gasteiger partial charge in [-0.3, -0.25) is 0 Å². The van der Waals surface area contributed by atoms with Crippen molar-refractivity contribution in [3.8, 4) is 0 Å². The Kier molecular flexibility index (Phi) is 9.94. The molecule has 0 spiro atoms. The lowest BCUT2D eigenvalue weighted by molar-refractivity contribution is -0.864. The molecule has 0 radical (unpaired) electrons. The molecule has 0 aromatic heterocycles. The van der Waals surface area contributed by atoms with Crippen LogP contribution in [-0.4, -0.2) is 49.3 Å². The Morgan fingerprint density at radius 1 is 1.38 bits per heavy atom. The largest absolute Gasteiger partial charge is 0.544 e. The molecule has 1 amide bonds. The Balaban J connectivity index is -0.000000173. The highest BCUT2D eigenvalue weighted by molar-refractivity contribution is 5.65. The fourth-order valence-electron chi connectivity index (χ4n) is 0.387. The van der Waals surface area contributed by atoms with Gasteiger partial charge in [-0.1, -0.05) is 0 Å². The van der Waals surface area contributed by atoms with Crippen molar-refractivity contribution >= 4 is 12.1 Å². The molecular weight excluding hydrogens is 178 g/mol. The van der Waals surface area contributed by atoms with Crippen LogP contribution >= 0.6 is 0 Å². The first-order chi connectivity index (χ1) is 5.15. The van der Waals surface area contributed by atoms with Crippen molar-refractivity contribution in [1.82, 2.24) is 6.15 Å². The summed E-state index contributed by atoms with van der Waals surface area (Å²) in [7, 11) is 5.40. The van der Waals surface area contributed by atoms with E-state index in [2.05, 4.69) is 5.73 Å². The Morgan fingerprint density at radius 3 is 1.62 bits per heavy atom. The summed E-state index contributed by atoms with van der Waals surface area (Å²) in [5, 5.41) is 17.1. The average Bonchev–Trinajstić information content (AvgIpc) is 1.52. The molecule has 6 N–H and O–H groups in total. The monoisotopic (exact) mass is 195 g/mol. The van der Waals surface area contributed by atoms with Crippen LogP contribution < -0.4 is 17.0 Å². The van der Waals surface area contributed by atoms with Crippen LogP contribution in [0.25, 0.3) is 0 Å². The Bertz CT molecular complexity index is 160. The number of nitrogens with two attached hydrogens (primary N) is 1. The molecule has 0 aliphatic heterocycles. The number of carbonyl (C=O) groups excluding carboxylic acids is 1. The van der Waals surface area contributed by atoms with E-state index < -0.39 is 12.1 Å². The standard InChI is InChI=1S/C5H11NO2.CH3NO2.H3N/c1-6(2,3)4-5(7)8;2-1(3)4;/h4H2,1-3H3;2H2,(H,3,4);1H3. The highest BCUT2D eigenvalue weighted by Gasteiger charge is 2.04. The zero-order valence-electron chi connectivity index (χ0n) is 8.11. The molecule has 80 valence electrons. The minimum atomic E-state index is -1.33. The molecule has 7 nitrogen and oxygen atoms in total. The van der Waals surface area contributed by atoms with Gasteiger partial charge in [0, 0.05) is 0 Å². The number of hydrogen-bond donors (Lipinski definition) is 3. The molecule has 0 heterocycles. The Morgan fingerprint density at radius 2 is 1.62 bits per heavy atom. The summed E-state index contributed by atoms with van der Waals surface area (Å²) in [4.78, 5) is 18.7. The molecule has 0 aliphatic carbocycles. The van der Waals surface area contributed by atoms with E-state index in [1.807, 2.05) is 0 Å². The predicted octanol–water partition coefficient (Wildman–Crippen LogP) is -1.77. The third-order valence-corrected chi connectivity index (χ3v) is 0.603. The van der Waals surface area contributed by atoms with Crippen molar-refractivity contribution in [1.29, 1.82) is 0 Å². The van der Waals surface area contributed by atoms with Crippen molar-refractivity contribution in [2.45, 2.75) is 0 Å². The van der Waals surface area contributed by atoms with Gasteiger partial charge in [-0.2, -0.15) is 0 Å². The number of likely N-dealkylation sites (N-methyl/N-ethyl adjacent to an activating group) is 1. The van der Waals surface area contributed by atoms with Crippen LogP contribution in [0.5, 0.6) is 0 Å². The first-order valence-corrected chi connectivity index (χ1v) is 3.14. The lowest BCUT2D eigenvalue weighted by Gasteiger charge is -2.23. The second-order valence-electron chi connectivity index (χ2n) is 3.16. The third kappa shape index (κ3) is 59.7. The molecule has 0 aromatic rings. The number of quaternary nitrogens is 1. The number of carbonyl (C=O) groups is 2. The van der Waals surface area contributed by atoms with Gasteiger partial charge in [-0.15, -0.1) is 0 Å². The maximum Gasteiger partial charge on any atom is 0.402 e. The van der Waals surface area contributed by atoms with Crippen molar-refractivity contribution in [2.75, 3.05) is 27.7 Å². The zero-order valence-corrected chi connectivity index (χ0v) is 8.11. The zero-order chi connectivity index (χ0) is 10.4. The van der Waals surface area contributed by atoms with Gasteiger partial charge in [0.25, 0.3) is 0 Å². The first kappa shape index (κ1) is 17.7. The normalized spacial score (nSPS) is 8.85. The predicted molar refractivity (Wildman–Crippen MR) is 45.1 cm³/mol. The summed E-state index contributed by atoms with van der Waals surface area (Å²) in [6.07, 6.45) is -1.33. The molecule has 0 unspecified atom stereocenters. The number of nitrogens with zero attached hydrogens (tertiary/aromatic N) is 1. The number of amides is 1. The Labute approximate surface area is 76.9 Å². The number of hydrogen-bond acceptors (Lipinski definition) is 4. The SMILES string of the molecule is C[N+](C)(C)CC(=O)[O-].N.NC(=O)O. The van der Waals surface area contributed by atoms with E-state index in [-0.39, 0.29) is 12.7 Å². The van der Waals surface area contributed by atoms with Gasteiger partial charge in [0.1, 0.15) is 6.54 Å². The van der Waals surface area contributed by atoms with Gasteiger partial charge in [0.05, 0.1) is 27.1 Å². The van der Waals surface area contributed by atoms with Gasteiger partial charge in [-0.05, 0) is 0 Å². The van der Waals surface area contributed by atoms with Crippen molar-refractivity contribution in [3.05, 3.63) is 0 Å². The maximum atomic E-state index is 9.89. The average molecular weight is 195 g/mol. The Hall–Kier alpha value is -1.34.